The van der Waals surface area contributed by atoms with E-state index in [2.05, 4.69) is 11.9 Å². The second kappa shape index (κ2) is 8.37. The predicted octanol–water partition coefficient (Wildman–Crippen LogP) is 3.73. The van der Waals surface area contributed by atoms with Gasteiger partial charge >= 0.3 is 12.1 Å². The van der Waals surface area contributed by atoms with Crippen molar-refractivity contribution in [2.24, 2.45) is 5.92 Å². The number of hydrogen-bond acceptors (Lipinski definition) is 4. The Bertz CT molecular complexity index is 434. The van der Waals surface area contributed by atoms with Gasteiger partial charge in [-0.2, -0.15) is 0 Å². The molecule has 0 aliphatic heterocycles. The first-order chi connectivity index (χ1) is 11.0. The zero-order valence-electron chi connectivity index (χ0n) is 14.2. The fraction of sp³-hybridized carbons (Fsp3) is 0.778. The van der Waals surface area contributed by atoms with Crippen LogP contribution in [0.5, 0.6) is 0 Å². The van der Waals surface area contributed by atoms with Crippen LogP contribution in [0.15, 0.2) is 12.2 Å². The number of ether oxygens (including phenoxy) is 2. The highest BCUT2D eigenvalue weighted by Gasteiger charge is 2.44. The second-order valence-electron chi connectivity index (χ2n) is 6.84. The number of alkyl carbamates (subject to hydrolysis) is 1. The molecule has 0 aromatic rings. The molecule has 0 radical (unpaired) electrons. The number of nitrogens with one attached hydrogen (secondary N) is 1. The van der Waals surface area contributed by atoms with Gasteiger partial charge in [-0.25, -0.2) is 9.59 Å². The zero-order chi connectivity index (χ0) is 16.7. The van der Waals surface area contributed by atoms with Gasteiger partial charge in [-0.3, -0.25) is 0 Å². The van der Waals surface area contributed by atoms with Crippen LogP contribution in [0, 0.1) is 5.92 Å². The van der Waals surface area contributed by atoms with Crippen LogP contribution in [-0.4, -0.2) is 30.8 Å². The van der Waals surface area contributed by atoms with Crippen molar-refractivity contribution in [3.05, 3.63) is 12.2 Å². The molecule has 1 N–H and O–H groups in total. The number of carbonyl (C=O) groups is 2. The molecule has 0 unspecified atom stereocenters. The molecule has 0 atom stereocenters. The minimum absolute atomic E-state index is 0.136. The van der Waals surface area contributed by atoms with E-state index in [9.17, 15) is 9.59 Å². The quantitative estimate of drug-likeness (QED) is 0.459. The average Bonchev–Trinajstić information content (AvgIpc) is 3.07. The maximum Gasteiger partial charge on any atom is 0.407 e. The van der Waals surface area contributed by atoms with E-state index in [1.165, 1.54) is 32.1 Å². The first-order valence-corrected chi connectivity index (χ1v) is 8.83. The van der Waals surface area contributed by atoms with Gasteiger partial charge in [0.05, 0.1) is 6.54 Å². The lowest BCUT2D eigenvalue weighted by Gasteiger charge is -2.41. The van der Waals surface area contributed by atoms with Crippen LogP contribution >= 0.6 is 0 Å². The summed E-state index contributed by atoms with van der Waals surface area (Å²) in [6, 6.07) is 0. The molecule has 2 fully saturated rings. The van der Waals surface area contributed by atoms with E-state index in [-0.39, 0.29) is 24.8 Å². The second-order valence-corrected chi connectivity index (χ2v) is 6.84. The van der Waals surface area contributed by atoms with Crippen molar-refractivity contribution >= 4 is 12.1 Å². The monoisotopic (exact) mass is 323 g/mol. The van der Waals surface area contributed by atoms with Crippen LogP contribution in [0.2, 0.25) is 0 Å². The molecule has 0 saturated heterocycles. The summed E-state index contributed by atoms with van der Waals surface area (Å²) >= 11 is 0. The summed E-state index contributed by atoms with van der Waals surface area (Å²) in [4.78, 5) is 23.4. The van der Waals surface area contributed by atoms with Gasteiger partial charge in [0.2, 0.25) is 0 Å². The minimum Gasteiger partial charge on any atom is -0.460 e. The van der Waals surface area contributed by atoms with Gasteiger partial charge in [0.25, 0.3) is 0 Å². The van der Waals surface area contributed by atoms with Crippen molar-refractivity contribution < 1.29 is 19.1 Å². The number of hydrogen-bond donors (Lipinski definition) is 1. The molecule has 0 aromatic heterocycles. The van der Waals surface area contributed by atoms with Gasteiger partial charge in [-0.1, -0.05) is 25.8 Å². The lowest BCUT2D eigenvalue weighted by Crippen LogP contribution is -2.46. The van der Waals surface area contributed by atoms with E-state index in [0.29, 0.717) is 11.5 Å². The third-order valence-electron chi connectivity index (χ3n) is 5.05. The van der Waals surface area contributed by atoms with E-state index in [0.717, 1.165) is 25.7 Å². The van der Waals surface area contributed by atoms with Crippen molar-refractivity contribution in [1.82, 2.24) is 5.32 Å². The number of amides is 1. The smallest absolute Gasteiger partial charge is 0.407 e. The predicted molar refractivity (Wildman–Crippen MR) is 88.0 cm³/mol. The van der Waals surface area contributed by atoms with Crippen LogP contribution in [0.25, 0.3) is 0 Å². The zero-order valence-corrected chi connectivity index (χ0v) is 14.2. The Hall–Kier alpha value is -1.52. The van der Waals surface area contributed by atoms with Crippen molar-refractivity contribution in [3.63, 3.8) is 0 Å². The molecule has 2 rings (SSSR count). The first kappa shape index (κ1) is 17.8. The van der Waals surface area contributed by atoms with Crippen LogP contribution < -0.4 is 5.32 Å². The average molecular weight is 323 g/mol. The Morgan fingerprint density at radius 3 is 2.39 bits per heavy atom. The molecule has 0 heterocycles. The third kappa shape index (κ3) is 4.98. The highest BCUT2D eigenvalue weighted by Crippen LogP contribution is 2.45. The number of rotatable bonds is 6. The molecule has 2 aliphatic rings. The Labute approximate surface area is 138 Å². The van der Waals surface area contributed by atoms with Gasteiger partial charge in [0.15, 0.2) is 0 Å². The molecule has 5 nitrogen and oxygen atoms in total. The molecule has 2 saturated carbocycles. The summed E-state index contributed by atoms with van der Waals surface area (Å²) < 4.78 is 10.9. The van der Waals surface area contributed by atoms with E-state index < -0.39 is 5.97 Å². The van der Waals surface area contributed by atoms with Crippen LogP contribution in [0.4, 0.5) is 4.79 Å². The molecule has 0 spiro atoms. The lowest BCUT2D eigenvalue weighted by atomic mass is 9.74. The standard InChI is InChI=1S/C18H29NO4/c1-14(2)16(20)22-13-12-19-17(21)23-18(10-6-3-7-11-18)15-8-4-5-9-15/h15H,1,3-13H2,2H3,(H,19,21). The molecular weight excluding hydrogens is 294 g/mol. The summed E-state index contributed by atoms with van der Waals surface area (Å²) in [7, 11) is 0. The van der Waals surface area contributed by atoms with Crippen molar-refractivity contribution in [1.29, 1.82) is 0 Å². The Balaban J connectivity index is 1.79. The molecule has 0 aromatic carbocycles. The number of carbonyl (C=O) groups excluding carboxylic acids is 2. The maximum absolute atomic E-state index is 12.2. The Morgan fingerprint density at radius 1 is 1.13 bits per heavy atom. The van der Waals surface area contributed by atoms with E-state index in [1.54, 1.807) is 6.92 Å². The highest BCUT2D eigenvalue weighted by atomic mass is 16.6. The van der Waals surface area contributed by atoms with Crippen LogP contribution in [-0.2, 0) is 14.3 Å². The summed E-state index contributed by atoms with van der Waals surface area (Å²) in [6.07, 6.45) is 9.92. The van der Waals surface area contributed by atoms with Crippen LogP contribution in [0.1, 0.15) is 64.7 Å². The molecule has 130 valence electrons. The van der Waals surface area contributed by atoms with Crippen molar-refractivity contribution in [2.75, 3.05) is 13.2 Å². The first-order valence-electron chi connectivity index (χ1n) is 8.83. The van der Waals surface area contributed by atoms with Crippen LogP contribution in [0.3, 0.4) is 0 Å². The van der Waals surface area contributed by atoms with Gasteiger partial charge in [-0.15, -0.1) is 0 Å². The van der Waals surface area contributed by atoms with Gasteiger partial charge < -0.3 is 14.8 Å². The third-order valence-corrected chi connectivity index (χ3v) is 5.05. The summed E-state index contributed by atoms with van der Waals surface area (Å²) in [5.74, 6) is 0.0738. The normalized spacial score (nSPS) is 20.7. The molecule has 0 bridgehead atoms. The fourth-order valence-corrected chi connectivity index (χ4v) is 3.84. The maximum atomic E-state index is 12.2. The summed E-state index contributed by atoms with van der Waals surface area (Å²) in [5.41, 5.74) is 0.0858. The summed E-state index contributed by atoms with van der Waals surface area (Å²) in [6.45, 7) is 5.51. The van der Waals surface area contributed by atoms with Crippen molar-refractivity contribution in [2.45, 2.75) is 70.3 Å². The van der Waals surface area contributed by atoms with E-state index in [4.69, 9.17) is 9.47 Å². The Kier molecular flexibility index (Phi) is 6.48. The van der Waals surface area contributed by atoms with Gasteiger partial charge in [0, 0.05) is 5.57 Å². The Morgan fingerprint density at radius 2 is 1.78 bits per heavy atom. The largest absolute Gasteiger partial charge is 0.460 e. The van der Waals surface area contributed by atoms with E-state index >= 15 is 0 Å². The summed E-state index contributed by atoms with van der Waals surface area (Å²) in [5, 5.41) is 2.70. The van der Waals surface area contributed by atoms with E-state index in [1.807, 2.05) is 0 Å². The minimum atomic E-state index is -0.435. The molecular formula is C18H29NO4. The lowest BCUT2D eigenvalue weighted by molar-refractivity contribution is -0.138. The van der Waals surface area contributed by atoms with Gasteiger partial charge in [-0.05, 0) is 51.4 Å². The highest BCUT2D eigenvalue weighted by molar-refractivity contribution is 5.86. The molecule has 2 aliphatic carbocycles. The topological polar surface area (TPSA) is 64.6 Å². The van der Waals surface area contributed by atoms with Crippen molar-refractivity contribution in [3.8, 4) is 0 Å². The fourth-order valence-electron chi connectivity index (χ4n) is 3.84. The number of esters is 1. The SMILES string of the molecule is C=C(C)C(=O)OCCNC(=O)OC1(C2CCCC2)CCCCC1. The molecule has 5 heteroatoms. The molecule has 1 amide bonds. The van der Waals surface area contributed by atoms with Gasteiger partial charge in [0.1, 0.15) is 12.2 Å². The molecule has 23 heavy (non-hydrogen) atoms.